The molecule has 2 atom stereocenters. The van der Waals surface area contributed by atoms with E-state index in [9.17, 15) is 9.59 Å². The number of hydrogen-bond acceptors (Lipinski definition) is 3. The van der Waals surface area contributed by atoms with Crippen LogP contribution in [-0.4, -0.2) is 55.6 Å². The summed E-state index contributed by atoms with van der Waals surface area (Å²) in [6, 6.07) is 0.0793. The lowest BCUT2D eigenvalue weighted by Crippen LogP contribution is -2.46. The van der Waals surface area contributed by atoms with Crippen molar-refractivity contribution >= 4 is 24.3 Å². The minimum atomic E-state index is -0.0291. The summed E-state index contributed by atoms with van der Waals surface area (Å²) < 4.78 is 0. The van der Waals surface area contributed by atoms with Gasteiger partial charge in [0.2, 0.25) is 5.91 Å². The van der Waals surface area contributed by atoms with E-state index in [0.29, 0.717) is 13.1 Å². The van der Waals surface area contributed by atoms with Crippen molar-refractivity contribution in [1.29, 1.82) is 0 Å². The summed E-state index contributed by atoms with van der Waals surface area (Å²) in [4.78, 5) is 25.5. The number of amides is 3. The Morgan fingerprint density at radius 2 is 2.15 bits per heavy atom. The first-order valence-corrected chi connectivity index (χ1v) is 7.24. The van der Waals surface area contributed by atoms with Gasteiger partial charge in [0.15, 0.2) is 0 Å². The lowest BCUT2D eigenvalue weighted by molar-refractivity contribution is -0.126. The molecule has 6 nitrogen and oxygen atoms in total. The Kier molecular flexibility index (Phi) is 7.09. The molecule has 2 heterocycles. The normalized spacial score (nSPS) is 25.8. The number of likely N-dealkylation sites (tertiary alicyclic amines) is 1. The van der Waals surface area contributed by atoms with E-state index in [1.165, 1.54) is 0 Å². The van der Waals surface area contributed by atoms with Crippen molar-refractivity contribution in [3.63, 3.8) is 0 Å². The fourth-order valence-corrected chi connectivity index (χ4v) is 2.72. The van der Waals surface area contributed by atoms with Crippen molar-refractivity contribution in [1.82, 2.24) is 20.9 Å². The number of carbonyl (C=O) groups excluding carboxylic acids is 2. The van der Waals surface area contributed by atoms with E-state index < -0.39 is 0 Å². The zero-order chi connectivity index (χ0) is 13.7. The first-order valence-electron chi connectivity index (χ1n) is 7.24. The number of nitrogens with one attached hydrogen (secondary N) is 3. The highest BCUT2D eigenvalue weighted by molar-refractivity contribution is 5.85. The summed E-state index contributed by atoms with van der Waals surface area (Å²) in [6.45, 7) is 5.68. The van der Waals surface area contributed by atoms with Gasteiger partial charge in [0.1, 0.15) is 0 Å². The van der Waals surface area contributed by atoms with Gasteiger partial charge < -0.3 is 20.9 Å². The van der Waals surface area contributed by atoms with Gasteiger partial charge in [0.05, 0.1) is 5.92 Å². The highest BCUT2D eigenvalue weighted by atomic mass is 35.5. The molecule has 2 saturated heterocycles. The predicted molar refractivity (Wildman–Crippen MR) is 80.0 cm³/mol. The second-order valence-electron chi connectivity index (χ2n) is 5.32. The molecule has 3 amide bonds. The van der Waals surface area contributed by atoms with Crippen LogP contribution in [0.3, 0.4) is 0 Å². The van der Waals surface area contributed by atoms with E-state index in [4.69, 9.17) is 0 Å². The molecular formula is C13H25ClN4O2. The Morgan fingerprint density at radius 3 is 2.80 bits per heavy atom. The van der Waals surface area contributed by atoms with Crippen molar-refractivity contribution < 1.29 is 9.59 Å². The summed E-state index contributed by atoms with van der Waals surface area (Å²) in [6.07, 6.45) is 2.88. The van der Waals surface area contributed by atoms with Gasteiger partial charge in [0.25, 0.3) is 0 Å². The molecule has 2 fully saturated rings. The largest absolute Gasteiger partial charge is 0.351 e. The molecule has 0 spiro atoms. The standard InChI is InChI=1S/C13H24N4O2.ClH/c1-2-15-13(19)17-7-5-11(9-17)16-12(18)10-4-3-6-14-8-10;/h10-11,14H,2-9H2,1H3,(H,15,19)(H,16,18);1H. The predicted octanol–water partition coefficient (Wildman–Crippen LogP) is 0.328. The number of nitrogens with zero attached hydrogens (tertiary/aromatic N) is 1. The second kappa shape index (κ2) is 8.32. The van der Waals surface area contributed by atoms with Crippen molar-refractivity contribution in [3.8, 4) is 0 Å². The smallest absolute Gasteiger partial charge is 0.317 e. The maximum absolute atomic E-state index is 12.1. The first kappa shape index (κ1) is 17.0. The molecule has 20 heavy (non-hydrogen) atoms. The Balaban J connectivity index is 0.00000200. The van der Waals surface area contributed by atoms with Gasteiger partial charge in [-0.05, 0) is 32.7 Å². The maximum atomic E-state index is 12.1. The Labute approximate surface area is 126 Å². The van der Waals surface area contributed by atoms with Crippen LogP contribution in [0.4, 0.5) is 4.79 Å². The van der Waals surface area contributed by atoms with Crippen molar-refractivity contribution in [2.45, 2.75) is 32.2 Å². The van der Waals surface area contributed by atoms with Crippen LogP contribution in [0.25, 0.3) is 0 Å². The first-order chi connectivity index (χ1) is 9.20. The summed E-state index contributed by atoms with van der Waals surface area (Å²) in [5.74, 6) is 0.224. The molecule has 2 unspecified atom stereocenters. The molecular weight excluding hydrogens is 280 g/mol. The van der Waals surface area contributed by atoms with Crippen molar-refractivity contribution in [2.75, 3.05) is 32.7 Å². The minimum Gasteiger partial charge on any atom is -0.351 e. The minimum absolute atomic E-state index is 0. The van der Waals surface area contributed by atoms with Crippen LogP contribution < -0.4 is 16.0 Å². The van der Waals surface area contributed by atoms with E-state index in [0.717, 1.165) is 38.9 Å². The second-order valence-corrected chi connectivity index (χ2v) is 5.32. The van der Waals surface area contributed by atoms with Crippen LogP contribution in [0.5, 0.6) is 0 Å². The number of carbonyl (C=O) groups is 2. The van der Waals surface area contributed by atoms with Crippen molar-refractivity contribution in [3.05, 3.63) is 0 Å². The number of piperidine rings is 1. The third kappa shape index (κ3) is 4.52. The van der Waals surface area contributed by atoms with E-state index in [2.05, 4.69) is 16.0 Å². The van der Waals surface area contributed by atoms with E-state index in [1.54, 1.807) is 4.90 Å². The molecule has 0 radical (unpaired) electrons. The zero-order valence-corrected chi connectivity index (χ0v) is 12.8. The van der Waals surface area contributed by atoms with Gasteiger partial charge in [0, 0.05) is 32.2 Å². The summed E-state index contributed by atoms with van der Waals surface area (Å²) in [5, 5.41) is 9.11. The third-order valence-corrected chi connectivity index (χ3v) is 3.82. The van der Waals surface area contributed by atoms with Crippen LogP contribution >= 0.6 is 12.4 Å². The Hall–Kier alpha value is -1.01. The summed E-state index contributed by atoms with van der Waals surface area (Å²) in [7, 11) is 0. The van der Waals surface area contributed by atoms with Crippen LogP contribution in [0.15, 0.2) is 0 Å². The average Bonchev–Trinajstić information content (AvgIpc) is 2.88. The van der Waals surface area contributed by atoms with Gasteiger partial charge in [-0.3, -0.25) is 4.79 Å². The molecule has 2 rings (SSSR count). The quantitative estimate of drug-likeness (QED) is 0.703. The molecule has 7 heteroatoms. The molecule has 0 bridgehead atoms. The molecule has 0 aromatic rings. The highest BCUT2D eigenvalue weighted by Gasteiger charge is 2.29. The average molecular weight is 305 g/mol. The molecule has 116 valence electrons. The monoisotopic (exact) mass is 304 g/mol. The molecule has 0 aromatic carbocycles. The zero-order valence-electron chi connectivity index (χ0n) is 12.0. The van der Waals surface area contributed by atoms with Crippen LogP contribution in [0.2, 0.25) is 0 Å². The molecule has 0 aromatic heterocycles. The van der Waals surface area contributed by atoms with Crippen LogP contribution in [-0.2, 0) is 4.79 Å². The molecule has 0 saturated carbocycles. The SMILES string of the molecule is CCNC(=O)N1CCC(NC(=O)C2CCCNC2)C1.Cl. The number of hydrogen-bond donors (Lipinski definition) is 3. The van der Waals surface area contributed by atoms with Gasteiger partial charge >= 0.3 is 6.03 Å². The molecule has 2 aliphatic rings. The van der Waals surface area contributed by atoms with Gasteiger partial charge in [-0.15, -0.1) is 12.4 Å². The lowest BCUT2D eigenvalue weighted by atomic mass is 9.98. The van der Waals surface area contributed by atoms with Gasteiger partial charge in [-0.25, -0.2) is 4.79 Å². The molecule has 3 N–H and O–H groups in total. The number of halogens is 1. The highest BCUT2D eigenvalue weighted by Crippen LogP contribution is 2.13. The third-order valence-electron chi connectivity index (χ3n) is 3.82. The van der Waals surface area contributed by atoms with E-state index in [-0.39, 0.29) is 36.3 Å². The lowest BCUT2D eigenvalue weighted by Gasteiger charge is -2.24. The van der Waals surface area contributed by atoms with E-state index in [1.807, 2.05) is 6.92 Å². The van der Waals surface area contributed by atoms with Gasteiger partial charge in [-0.1, -0.05) is 0 Å². The van der Waals surface area contributed by atoms with Crippen molar-refractivity contribution in [2.24, 2.45) is 5.92 Å². The fraction of sp³-hybridized carbons (Fsp3) is 0.846. The topological polar surface area (TPSA) is 73.5 Å². The molecule has 0 aliphatic carbocycles. The van der Waals surface area contributed by atoms with Crippen LogP contribution in [0, 0.1) is 5.92 Å². The Morgan fingerprint density at radius 1 is 1.35 bits per heavy atom. The van der Waals surface area contributed by atoms with Gasteiger partial charge in [-0.2, -0.15) is 0 Å². The Bertz CT molecular complexity index is 334. The summed E-state index contributed by atoms with van der Waals surface area (Å²) in [5.41, 5.74) is 0. The summed E-state index contributed by atoms with van der Waals surface area (Å²) >= 11 is 0. The fourth-order valence-electron chi connectivity index (χ4n) is 2.72. The number of rotatable bonds is 3. The maximum Gasteiger partial charge on any atom is 0.317 e. The number of urea groups is 1. The van der Waals surface area contributed by atoms with E-state index >= 15 is 0 Å². The molecule has 2 aliphatic heterocycles. The van der Waals surface area contributed by atoms with Crippen LogP contribution in [0.1, 0.15) is 26.2 Å².